The van der Waals surface area contributed by atoms with Crippen LogP contribution in [-0.4, -0.2) is 31.3 Å². The van der Waals surface area contributed by atoms with E-state index in [2.05, 4.69) is 10.6 Å². The first-order valence-corrected chi connectivity index (χ1v) is 10.9. The number of aryl methyl sites for hydroxylation is 1. The Kier molecular flexibility index (Phi) is 7.78. The van der Waals surface area contributed by atoms with Crippen molar-refractivity contribution in [1.29, 1.82) is 0 Å². The van der Waals surface area contributed by atoms with Crippen LogP contribution in [0, 0.1) is 6.92 Å². The molecule has 0 aromatic heterocycles. The Morgan fingerprint density at radius 1 is 0.906 bits per heavy atom. The summed E-state index contributed by atoms with van der Waals surface area (Å²) in [4.78, 5) is 26.1. The molecule has 3 aromatic rings. The third-order valence-corrected chi connectivity index (χ3v) is 5.81. The summed E-state index contributed by atoms with van der Waals surface area (Å²) in [5.74, 6) is 0.837. The molecule has 0 fully saturated rings. The van der Waals surface area contributed by atoms with E-state index in [1.54, 1.807) is 38.5 Å². The van der Waals surface area contributed by atoms with Gasteiger partial charge in [0.25, 0.3) is 5.91 Å². The number of benzene rings is 3. The van der Waals surface area contributed by atoms with Crippen molar-refractivity contribution >= 4 is 35.0 Å². The van der Waals surface area contributed by atoms with Gasteiger partial charge in [0.2, 0.25) is 5.91 Å². The normalized spacial score (nSPS) is 11.4. The maximum atomic E-state index is 12.7. The third kappa shape index (κ3) is 6.04. The first-order valence-electron chi connectivity index (χ1n) is 10.1. The van der Waals surface area contributed by atoms with Crippen LogP contribution in [0.2, 0.25) is 0 Å². The highest BCUT2D eigenvalue weighted by atomic mass is 32.2. The molecule has 3 aromatic carbocycles. The lowest BCUT2D eigenvalue weighted by Gasteiger charge is -2.15. The van der Waals surface area contributed by atoms with E-state index in [9.17, 15) is 9.59 Å². The summed E-state index contributed by atoms with van der Waals surface area (Å²) in [6.45, 7) is 3.77. The number of nitrogens with one attached hydrogen (secondary N) is 2. The average Bonchev–Trinajstić information content (AvgIpc) is 2.79. The Morgan fingerprint density at radius 2 is 1.69 bits per heavy atom. The summed E-state index contributed by atoms with van der Waals surface area (Å²) >= 11 is 1.40. The number of rotatable bonds is 8. The zero-order chi connectivity index (χ0) is 23.1. The predicted octanol–water partition coefficient (Wildman–Crippen LogP) is 5.38. The van der Waals surface area contributed by atoms with Crippen LogP contribution in [-0.2, 0) is 4.79 Å². The van der Waals surface area contributed by atoms with Gasteiger partial charge < -0.3 is 20.1 Å². The van der Waals surface area contributed by atoms with Crippen LogP contribution in [0.1, 0.15) is 22.8 Å². The summed E-state index contributed by atoms with van der Waals surface area (Å²) in [6, 6.07) is 20.1. The van der Waals surface area contributed by atoms with Gasteiger partial charge in [-0.15, -0.1) is 11.8 Å². The molecule has 0 saturated carbocycles. The van der Waals surface area contributed by atoms with Gasteiger partial charge in [0, 0.05) is 22.2 Å². The molecule has 3 rings (SSSR count). The highest BCUT2D eigenvalue weighted by Gasteiger charge is 2.17. The van der Waals surface area contributed by atoms with Gasteiger partial charge in [-0.25, -0.2) is 0 Å². The number of methoxy groups -OCH3 is 2. The first-order chi connectivity index (χ1) is 15.4. The molecule has 0 heterocycles. The van der Waals surface area contributed by atoms with Gasteiger partial charge in [0.05, 0.1) is 25.2 Å². The van der Waals surface area contributed by atoms with Crippen LogP contribution >= 0.6 is 11.8 Å². The molecule has 2 amide bonds. The molecule has 0 saturated heterocycles. The van der Waals surface area contributed by atoms with Crippen LogP contribution in [0.4, 0.5) is 11.4 Å². The number of ether oxygens (including phenoxy) is 2. The van der Waals surface area contributed by atoms with Crippen molar-refractivity contribution in [3.63, 3.8) is 0 Å². The molecule has 32 heavy (non-hydrogen) atoms. The summed E-state index contributed by atoms with van der Waals surface area (Å²) < 4.78 is 10.5. The van der Waals surface area contributed by atoms with E-state index in [0.717, 1.165) is 10.5 Å². The van der Waals surface area contributed by atoms with Crippen molar-refractivity contribution in [3.05, 3.63) is 77.9 Å². The van der Waals surface area contributed by atoms with Gasteiger partial charge in [0.1, 0.15) is 11.5 Å². The lowest BCUT2D eigenvalue weighted by atomic mass is 10.1. The smallest absolute Gasteiger partial charge is 0.255 e. The van der Waals surface area contributed by atoms with Crippen molar-refractivity contribution in [1.82, 2.24) is 0 Å². The molecular weight excluding hydrogens is 424 g/mol. The van der Waals surface area contributed by atoms with E-state index in [-0.39, 0.29) is 17.1 Å². The number of amides is 2. The molecular formula is C25H26N2O4S. The van der Waals surface area contributed by atoms with Gasteiger partial charge in [-0.05, 0) is 56.3 Å². The molecule has 0 bridgehead atoms. The fourth-order valence-corrected chi connectivity index (χ4v) is 3.96. The molecule has 166 valence electrons. The number of carbonyl (C=O) groups is 2. The van der Waals surface area contributed by atoms with Crippen molar-refractivity contribution in [2.75, 3.05) is 24.9 Å². The van der Waals surface area contributed by atoms with Gasteiger partial charge in [-0.1, -0.05) is 23.8 Å². The molecule has 6 nitrogen and oxygen atoms in total. The SMILES string of the molecule is COc1ccc(NC(=O)C(C)Sc2cccc(NC(=O)c3cccc(C)c3)c2)c(OC)c1. The quantitative estimate of drug-likeness (QED) is 0.451. The Hall–Kier alpha value is -3.45. The number of hydrogen-bond acceptors (Lipinski definition) is 5. The zero-order valence-electron chi connectivity index (χ0n) is 18.5. The van der Waals surface area contributed by atoms with E-state index < -0.39 is 0 Å². The molecule has 2 N–H and O–H groups in total. The summed E-state index contributed by atoms with van der Waals surface area (Å²) in [7, 11) is 3.11. The average molecular weight is 451 g/mol. The topological polar surface area (TPSA) is 76.7 Å². The number of thioether (sulfide) groups is 1. The van der Waals surface area contributed by atoms with Gasteiger partial charge >= 0.3 is 0 Å². The minimum Gasteiger partial charge on any atom is -0.497 e. The van der Waals surface area contributed by atoms with Crippen molar-refractivity contribution in [2.24, 2.45) is 0 Å². The predicted molar refractivity (Wildman–Crippen MR) is 129 cm³/mol. The summed E-state index contributed by atoms with van der Waals surface area (Å²) in [5, 5.41) is 5.44. The van der Waals surface area contributed by atoms with Crippen LogP contribution in [0.25, 0.3) is 0 Å². The molecule has 0 aliphatic carbocycles. The zero-order valence-corrected chi connectivity index (χ0v) is 19.3. The van der Waals surface area contributed by atoms with Crippen molar-refractivity contribution in [3.8, 4) is 11.5 Å². The Balaban J connectivity index is 1.64. The van der Waals surface area contributed by atoms with E-state index >= 15 is 0 Å². The number of anilines is 2. The third-order valence-electron chi connectivity index (χ3n) is 4.72. The molecule has 7 heteroatoms. The van der Waals surface area contributed by atoms with Gasteiger partial charge in [-0.2, -0.15) is 0 Å². The second kappa shape index (κ2) is 10.7. The van der Waals surface area contributed by atoms with Crippen LogP contribution in [0.15, 0.2) is 71.6 Å². The molecule has 0 aliphatic rings. The standard InChI is InChI=1S/C25H26N2O4S/c1-16-7-5-8-18(13-16)25(29)26-19-9-6-10-21(14-19)32-17(2)24(28)27-22-12-11-20(30-3)15-23(22)31-4/h5-15,17H,1-4H3,(H,26,29)(H,27,28). The summed E-state index contributed by atoms with van der Waals surface area (Å²) in [5.41, 5.74) is 2.87. The van der Waals surface area contributed by atoms with Crippen LogP contribution in [0.5, 0.6) is 11.5 Å². The van der Waals surface area contributed by atoms with Crippen molar-refractivity contribution in [2.45, 2.75) is 24.0 Å². The highest BCUT2D eigenvalue weighted by Crippen LogP contribution is 2.31. The molecule has 0 radical (unpaired) electrons. The Bertz CT molecular complexity index is 1120. The molecule has 1 unspecified atom stereocenters. The fourth-order valence-electron chi connectivity index (χ4n) is 3.03. The van der Waals surface area contributed by atoms with Crippen molar-refractivity contribution < 1.29 is 19.1 Å². The molecule has 0 spiro atoms. The Labute approximate surface area is 192 Å². The maximum Gasteiger partial charge on any atom is 0.255 e. The minimum atomic E-state index is -0.371. The van der Waals surface area contributed by atoms with E-state index in [1.807, 2.05) is 56.3 Å². The fraction of sp³-hybridized carbons (Fsp3) is 0.200. The largest absolute Gasteiger partial charge is 0.497 e. The monoisotopic (exact) mass is 450 g/mol. The first kappa shape index (κ1) is 23.2. The maximum absolute atomic E-state index is 12.7. The summed E-state index contributed by atoms with van der Waals surface area (Å²) in [6.07, 6.45) is 0. The van der Waals surface area contributed by atoms with E-state index in [0.29, 0.717) is 28.4 Å². The number of carbonyl (C=O) groups excluding carboxylic acids is 2. The molecule has 0 aliphatic heterocycles. The van der Waals surface area contributed by atoms with Gasteiger partial charge in [-0.3, -0.25) is 9.59 Å². The molecule has 1 atom stereocenters. The second-order valence-electron chi connectivity index (χ2n) is 7.17. The number of hydrogen-bond donors (Lipinski definition) is 2. The van der Waals surface area contributed by atoms with E-state index in [1.165, 1.54) is 11.8 Å². The second-order valence-corrected chi connectivity index (χ2v) is 8.58. The van der Waals surface area contributed by atoms with E-state index in [4.69, 9.17) is 9.47 Å². The lowest BCUT2D eigenvalue weighted by Crippen LogP contribution is -2.22. The lowest BCUT2D eigenvalue weighted by molar-refractivity contribution is -0.115. The Morgan fingerprint density at radius 3 is 2.41 bits per heavy atom. The van der Waals surface area contributed by atoms with Gasteiger partial charge in [0.15, 0.2) is 0 Å². The highest BCUT2D eigenvalue weighted by molar-refractivity contribution is 8.00. The van der Waals surface area contributed by atoms with Crippen LogP contribution < -0.4 is 20.1 Å². The van der Waals surface area contributed by atoms with Crippen LogP contribution in [0.3, 0.4) is 0 Å². The minimum absolute atomic E-state index is 0.160.